The van der Waals surface area contributed by atoms with Gasteiger partial charge in [-0.15, -0.1) is 0 Å². The molecule has 3 rings (SSSR count). The van der Waals surface area contributed by atoms with Crippen molar-refractivity contribution in [1.82, 2.24) is 14.8 Å². The summed E-state index contributed by atoms with van der Waals surface area (Å²) in [6.45, 7) is 7.72. The van der Waals surface area contributed by atoms with Gasteiger partial charge in [-0.1, -0.05) is 6.07 Å². The SMILES string of the molecule is CCOC(=O)N1CCN(C(=O)Nc2cccc(-c3nc(C)c(C)o3)c2)CC1. The number of carbonyl (C=O) groups excluding carboxylic acids is 2. The number of oxazole rings is 1. The summed E-state index contributed by atoms with van der Waals surface area (Å²) in [7, 11) is 0. The number of piperazine rings is 1. The number of nitrogens with one attached hydrogen (secondary N) is 1. The first-order chi connectivity index (χ1) is 13.0. The highest BCUT2D eigenvalue weighted by molar-refractivity contribution is 5.90. The van der Waals surface area contributed by atoms with Crippen LogP contribution in [0.3, 0.4) is 0 Å². The minimum absolute atomic E-state index is 0.199. The first-order valence-electron chi connectivity index (χ1n) is 9.00. The van der Waals surface area contributed by atoms with Crippen molar-refractivity contribution in [3.8, 4) is 11.5 Å². The van der Waals surface area contributed by atoms with E-state index in [1.807, 2.05) is 38.1 Å². The van der Waals surface area contributed by atoms with Gasteiger partial charge >= 0.3 is 12.1 Å². The van der Waals surface area contributed by atoms with Crippen LogP contribution in [0.25, 0.3) is 11.5 Å². The van der Waals surface area contributed by atoms with Crippen LogP contribution in [-0.4, -0.2) is 59.7 Å². The van der Waals surface area contributed by atoms with E-state index in [1.165, 1.54) is 0 Å². The van der Waals surface area contributed by atoms with E-state index in [-0.39, 0.29) is 12.1 Å². The Hall–Kier alpha value is -3.03. The number of anilines is 1. The molecule has 2 heterocycles. The highest BCUT2D eigenvalue weighted by atomic mass is 16.6. The van der Waals surface area contributed by atoms with E-state index < -0.39 is 0 Å². The highest BCUT2D eigenvalue weighted by Crippen LogP contribution is 2.24. The lowest BCUT2D eigenvalue weighted by molar-refractivity contribution is 0.0868. The van der Waals surface area contributed by atoms with E-state index in [1.54, 1.807) is 16.7 Å². The Kier molecular flexibility index (Phi) is 5.63. The number of aromatic nitrogens is 1. The van der Waals surface area contributed by atoms with Crippen LogP contribution in [0.2, 0.25) is 0 Å². The van der Waals surface area contributed by atoms with E-state index in [0.29, 0.717) is 44.4 Å². The molecule has 1 fully saturated rings. The molecule has 1 aliphatic rings. The molecule has 2 aromatic rings. The van der Waals surface area contributed by atoms with Gasteiger partial charge in [-0.3, -0.25) is 0 Å². The molecule has 0 saturated carbocycles. The Morgan fingerprint density at radius 3 is 2.52 bits per heavy atom. The highest BCUT2D eigenvalue weighted by Gasteiger charge is 2.25. The van der Waals surface area contributed by atoms with Gasteiger partial charge in [0, 0.05) is 37.4 Å². The third-order valence-corrected chi connectivity index (χ3v) is 4.48. The fourth-order valence-corrected chi connectivity index (χ4v) is 2.84. The molecule has 3 amide bonds. The van der Waals surface area contributed by atoms with E-state index in [4.69, 9.17) is 9.15 Å². The number of hydrogen-bond donors (Lipinski definition) is 1. The van der Waals surface area contributed by atoms with Crippen LogP contribution >= 0.6 is 0 Å². The summed E-state index contributed by atoms with van der Waals surface area (Å²) in [5.41, 5.74) is 2.31. The number of nitrogens with zero attached hydrogens (tertiary/aromatic N) is 3. The lowest BCUT2D eigenvalue weighted by atomic mass is 10.2. The maximum atomic E-state index is 12.5. The number of carbonyl (C=O) groups is 2. The fourth-order valence-electron chi connectivity index (χ4n) is 2.84. The monoisotopic (exact) mass is 372 g/mol. The number of amides is 3. The van der Waals surface area contributed by atoms with Gasteiger partial charge in [0.2, 0.25) is 5.89 Å². The summed E-state index contributed by atoms with van der Waals surface area (Å²) in [5, 5.41) is 2.90. The molecule has 8 nitrogen and oxygen atoms in total. The molecule has 0 spiro atoms. The number of benzene rings is 1. The second-order valence-electron chi connectivity index (χ2n) is 6.34. The summed E-state index contributed by atoms with van der Waals surface area (Å²) in [5.74, 6) is 1.31. The van der Waals surface area contributed by atoms with Crippen molar-refractivity contribution in [1.29, 1.82) is 0 Å². The van der Waals surface area contributed by atoms with Crippen LogP contribution in [0.1, 0.15) is 18.4 Å². The summed E-state index contributed by atoms with van der Waals surface area (Å²) in [4.78, 5) is 31.9. The third-order valence-electron chi connectivity index (χ3n) is 4.48. The van der Waals surface area contributed by atoms with Crippen LogP contribution in [0, 0.1) is 13.8 Å². The third kappa shape index (κ3) is 4.39. The zero-order valence-electron chi connectivity index (χ0n) is 15.8. The molecule has 1 aromatic heterocycles. The molecule has 1 saturated heterocycles. The van der Waals surface area contributed by atoms with Crippen molar-refractivity contribution in [2.45, 2.75) is 20.8 Å². The lowest BCUT2D eigenvalue weighted by Crippen LogP contribution is -2.51. The van der Waals surface area contributed by atoms with Gasteiger partial charge in [0.25, 0.3) is 0 Å². The molecule has 1 aromatic carbocycles. The van der Waals surface area contributed by atoms with E-state index in [0.717, 1.165) is 17.0 Å². The molecule has 8 heteroatoms. The van der Waals surface area contributed by atoms with Crippen molar-refractivity contribution in [2.75, 3.05) is 38.1 Å². The van der Waals surface area contributed by atoms with Gasteiger partial charge in [0.05, 0.1) is 12.3 Å². The lowest BCUT2D eigenvalue weighted by Gasteiger charge is -2.34. The van der Waals surface area contributed by atoms with Gasteiger partial charge in [0.15, 0.2) is 0 Å². The second kappa shape index (κ2) is 8.11. The first kappa shape index (κ1) is 18.8. The molecule has 0 aliphatic carbocycles. The van der Waals surface area contributed by atoms with Crippen LogP contribution in [0.4, 0.5) is 15.3 Å². The average molecular weight is 372 g/mol. The summed E-state index contributed by atoms with van der Waals surface area (Å²) >= 11 is 0. The van der Waals surface area contributed by atoms with E-state index >= 15 is 0 Å². The zero-order chi connectivity index (χ0) is 19.4. The number of aryl methyl sites for hydroxylation is 2. The number of rotatable bonds is 3. The first-order valence-corrected chi connectivity index (χ1v) is 9.00. The number of ether oxygens (including phenoxy) is 1. The normalized spacial score (nSPS) is 14.2. The Morgan fingerprint density at radius 1 is 1.19 bits per heavy atom. The van der Waals surface area contributed by atoms with Crippen LogP contribution < -0.4 is 5.32 Å². The minimum Gasteiger partial charge on any atom is -0.450 e. The maximum absolute atomic E-state index is 12.5. The van der Waals surface area contributed by atoms with E-state index in [2.05, 4.69) is 10.3 Å². The van der Waals surface area contributed by atoms with Gasteiger partial charge in [-0.25, -0.2) is 14.6 Å². The predicted octanol–water partition coefficient (Wildman–Crippen LogP) is 3.26. The molecule has 0 atom stereocenters. The molecule has 27 heavy (non-hydrogen) atoms. The molecule has 1 aliphatic heterocycles. The smallest absolute Gasteiger partial charge is 0.409 e. The predicted molar refractivity (Wildman–Crippen MR) is 101 cm³/mol. The number of urea groups is 1. The molecule has 0 bridgehead atoms. The quantitative estimate of drug-likeness (QED) is 0.893. The largest absolute Gasteiger partial charge is 0.450 e. The van der Waals surface area contributed by atoms with Crippen LogP contribution in [0.15, 0.2) is 28.7 Å². The Morgan fingerprint density at radius 2 is 1.89 bits per heavy atom. The Labute approximate surface area is 158 Å². The van der Waals surface area contributed by atoms with Gasteiger partial charge < -0.3 is 24.3 Å². The molecular weight excluding hydrogens is 348 g/mol. The molecule has 144 valence electrons. The topological polar surface area (TPSA) is 87.9 Å². The standard InChI is InChI=1S/C19H24N4O4/c1-4-26-19(25)23-10-8-22(9-11-23)18(24)21-16-7-5-6-15(12-16)17-20-13(2)14(3)27-17/h5-7,12H,4,8-11H2,1-3H3,(H,21,24). The van der Waals surface area contributed by atoms with Gasteiger partial charge in [0.1, 0.15) is 5.76 Å². The molecule has 0 radical (unpaired) electrons. The van der Waals surface area contributed by atoms with Crippen molar-refractivity contribution in [3.63, 3.8) is 0 Å². The molecule has 0 unspecified atom stereocenters. The van der Waals surface area contributed by atoms with Crippen molar-refractivity contribution in [2.24, 2.45) is 0 Å². The Bertz CT molecular complexity index is 805. The average Bonchev–Trinajstić information content (AvgIpc) is 3.01. The van der Waals surface area contributed by atoms with E-state index in [9.17, 15) is 9.59 Å². The van der Waals surface area contributed by atoms with Crippen LogP contribution in [0.5, 0.6) is 0 Å². The maximum Gasteiger partial charge on any atom is 0.409 e. The van der Waals surface area contributed by atoms with Crippen LogP contribution in [-0.2, 0) is 4.74 Å². The Balaban J connectivity index is 1.60. The minimum atomic E-state index is -0.332. The summed E-state index contributed by atoms with van der Waals surface area (Å²) < 4.78 is 10.6. The molecule has 1 N–H and O–H groups in total. The summed E-state index contributed by atoms with van der Waals surface area (Å²) in [6, 6.07) is 7.18. The van der Waals surface area contributed by atoms with Crippen molar-refractivity contribution >= 4 is 17.8 Å². The summed E-state index contributed by atoms with van der Waals surface area (Å²) in [6.07, 6.45) is -0.332. The van der Waals surface area contributed by atoms with Crippen molar-refractivity contribution < 1.29 is 18.7 Å². The number of hydrogen-bond acceptors (Lipinski definition) is 5. The zero-order valence-corrected chi connectivity index (χ0v) is 15.8. The van der Waals surface area contributed by atoms with Crippen molar-refractivity contribution in [3.05, 3.63) is 35.7 Å². The second-order valence-corrected chi connectivity index (χ2v) is 6.34. The molecular formula is C19H24N4O4. The van der Waals surface area contributed by atoms with Gasteiger partial charge in [-0.05, 0) is 39.0 Å². The fraction of sp³-hybridized carbons (Fsp3) is 0.421. The van der Waals surface area contributed by atoms with Gasteiger partial charge in [-0.2, -0.15) is 0 Å².